The predicted octanol–water partition coefficient (Wildman–Crippen LogP) is 3.35. The SMILES string of the molecule is O=C1N[C@@H](CCC(=O)N2CCCC3=C[C@H]4C[C@@H](CN5CCCC[C@@H]45)[C@@H]32)C(=O)N1CCc1ccccc1. The number of carbonyl (C=O) groups excluding carboxylic acids is 3. The third-order valence-corrected chi connectivity index (χ3v) is 9.20. The van der Waals surface area contributed by atoms with Crippen molar-refractivity contribution < 1.29 is 14.4 Å². The van der Waals surface area contributed by atoms with Gasteiger partial charge < -0.3 is 10.2 Å². The van der Waals surface area contributed by atoms with E-state index in [-0.39, 0.29) is 23.9 Å². The third kappa shape index (κ3) is 4.47. The number of carbonyl (C=O) groups is 3. The Bertz CT molecular complexity index is 1040. The zero-order valence-corrected chi connectivity index (χ0v) is 21.1. The molecule has 0 spiro atoms. The molecule has 192 valence electrons. The van der Waals surface area contributed by atoms with Crippen LogP contribution in [0.5, 0.6) is 0 Å². The van der Waals surface area contributed by atoms with E-state index >= 15 is 0 Å². The summed E-state index contributed by atoms with van der Waals surface area (Å²) >= 11 is 0. The van der Waals surface area contributed by atoms with E-state index in [0.29, 0.717) is 43.7 Å². The van der Waals surface area contributed by atoms with E-state index in [1.54, 1.807) is 0 Å². The van der Waals surface area contributed by atoms with E-state index in [4.69, 9.17) is 0 Å². The summed E-state index contributed by atoms with van der Waals surface area (Å²) in [5.41, 5.74) is 2.58. The van der Waals surface area contributed by atoms with E-state index in [0.717, 1.165) is 31.5 Å². The first-order valence-electron chi connectivity index (χ1n) is 14.0. The first kappa shape index (κ1) is 23.7. The van der Waals surface area contributed by atoms with Gasteiger partial charge in [0.2, 0.25) is 5.91 Å². The topological polar surface area (TPSA) is 73.0 Å². The Labute approximate surface area is 213 Å². The van der Waals surface area contributed by atoms with E-state index in [9.17, 15) is 14.4 Å². The lowest BCUT2D eigenvalue weighted by Gasteiger charge is -2.54. The number of hydrogen-bond donors (Lipinski definition) is 1. The Hall–Kier alpha value is -2.67. The smallest absolute Gasteiger partial charge is 0.324 e. The molecule has 1 aliphatic carbocycles. The molecule has 5 atom stereocenters. The van der Waals surface area contributed by atoms with Gasteiger partial charge in [0, 0.05) is 32.1 Å². The van der Waals surface area contributed by atoms with Crippen LogP contribution in [0.1, 0.15) is 56.9 Å². The Kier molecular flexibility index (Phi) is 6.59. The lowest BCUT2D eigenvalue weighted by Crippen LogP contribution is -2.60. The average molecular weight is 491 g/mol. The van der Waals surface area contributed by atoms with Crippen molar-refractivity contribution in [2.45, 2.75) is 75.9 Å². The fraction of sp³-hybridized carbons (Fsp3) is 0.621. The zero-order valence-electron chi connectivity index (χ0n) is 21.1. The molecule has 1 aromatic rings. The van der Waals surface area contributed by atoms with Gasteiger partial charge in [0.1, 0.15) is 6.04 Å². The number of fused-ring (bicyclic) bond motifs is 6. The fourth-order valence-corrected chi connectivity index (χ4v) is 7.53. The highest BCUT2D eigenvalue weighted by molar-refractivity contribution is 6.04. The van der Waals surface area contributed by atoms with Crippen LogP contribution in [-0.4, -0.2) is 76.8 Å². The molecule has 4 heterocycles. The van der Waals surface area contributed by atoms with Crippen LogP contribution < -0.4 is 5.32 Å². The minimum atomic E-state index is -0.600. The van der Waals surface area contributed by atoms with Gasteiger partial charge in [-0.3, -0.25) is 19.4 Å². The monoisotopic (exact) mass is 490 g/mol. The second-order valence-corrected chi connectivity index (χ2v) is 11.4. The summed E-state index contributed by atoms with van der Waals surface area (Å²) in [6.07, 6.45) is 11.1. The number of nitrogens with zero attached hydrogens (tertiary/aromatic N) is 3. The van der Waals surface area contributed by atoms with Crippen molar-refractivity contribution in [1.29, 1.82) is 0 Å². The average Bonchev–Trinajstić information content (AvgIpc) is 3.18. The summed E-state index contributed by atoms with van der Waals surface area (Å²) in [6, 6.07) is 9.86. The van der Waals surface area contributed by atoms with Crippen molar-refractivity contribution in [3.63, 3.8) is 0 Å². The Morgan fingerprint density at radius 2 is 1.92 bits per heavy atom. The minimum absolute atomic E-state index is 0.134. The number of amides is 4. The van der Waals surface area contributed by atoms with Crippen molar-refractivity contribution in [2.24, 2.45) is 11.8 Å². The van der Waals surface area contributed by atoms with Crippen LogP contribution in [0.3, 0.4) is 0 Å². The number of rotatable bonds is 6. The number of urea groups is 1. The number of nitrogens with one attached hydrogen (secondary N) is 1. The molecule has 0 radical (unpaired) electrons. The molecule has 6 rings (SSSR count). The lowest BCUT2D eigenvalue weighted by atomic mass is 9.68. The third-order valence-electron chi connectivity index (χ3n) is 9.20. The molecule has 5 aliphatic rings. The van der Waals surface area contributed by atoms with Crippen LogP contribution in [-0.2, 0) is 16.0 Å². The molecule has 4 aliphatic heterocycles. The number of likely N-dealkylation sites (tertiary alicyclic amines) is 1. The molecule has 4 saturated heterocycles. The highest BCUT2D eigenvalue weighted by atomic mass is 16.2. The van der Waals surface area contributed by atoms with Gasteiger partial charge in [0.05, 0.1) is 6.04 Å². The van der Waals surface area contributed by atoms with Gasteiger partial charge >= 0.3 is 6.03 Å². The lowest BCUT2D eigenvalue weighted by molar-refractivity contribution is -0.136. The summed E-state index contributed by atoms with van der Waals surface area (Å²) in [6.45, 7) is 3.48. The van der Waals surface area contributed by atoms with Crippen LogP contribution in [0, 0.1) is 11.8 Å². The summed E-state index contributed by atoms with van der Waals surface area (Å²) < 4.78 is 0. The van der Waals surface area contributed by atoms with Crippen LogP contribution in [0.25, 0.3) is 0 Å². The van der Waals surface area contributed by atoms with Gasteiger partial charge in [-0.25, -0.2) is 4.79 Å². The van der Waals surface area contributed by atoms with Crippen molar-refractivity contribution in [3.05, 3.63) is 47.5 Å². The number of hydrogen-bond acceptors (Lipinski definition) is 4. The number of imide groups is 1. The Morgan fingerprint density at radius 3 is 2.78 bits per heavy atom. The molecular formula is C29H38N4O3. The molecule has 0 unspecified atom stereocenters. The molecule has 2 bridgehead atoms. The first-order chi connectivity index (χ1) is 17.6. The highest BCUT2D eigenvalue weighted by Gasteiger charge is 2.47. The molecular weight excluding hydrogens is 452 g/mol. The first-order valence-corrected chi connectivity index (χ1v) is 14.0. The number of benzene rings is 1. The van der Waals surface area contributed by atoms with Gasteiger partial charge in [-0.15, -0.1) is 0 Å². The van der Waals surface area contributed by atoms with Crippen LogP contribution in [0.4, 0.5) is 4.79 Å². The van der Waals surface area contributed by atoms with Gasteiger partial charge in [-0.2, -0.15) is 0 Å². The molecule has 7 nitrogen and oxygen atoms in total. The molecule has 7 heteroatoms. The largest absolute Gasteiger partial charge is 0.336 e. The number of piperidine rings is 3. The van der Waals surface area contributed by atoms with Gasteiger partial charge in [-0.1, -0.05) is 48.4 Å². The van der Waals surface area contributed by atoms with Crippen LogP contribution >= 0.6 is 0 Å². The van der Waals surface area contributed by atoms with Crippen LogP contribution in [0.15, 0.2) is 42.0 Å². The standard InChI is InChI=1S/C29H38N4O3/c34-26(12-11-24-28(35)33(29(36)30-24)16-13-20-7-2-1-3-8-20)32-15-6-9-21-17-22-18-23(27(21)32)19-31-14-5-4-10-25(22)31/h1-3,7-8,17,22-25,27H,4-6,9-16,18-19H2,(H,30,36)/t22-,23-,24-,25-,27+/m0/s1. The summed E-state index contributed by atoms with van der Waals surface area (Å²) in [5, 5.41) is 2.82. The highest BCUT2D eigenvalue weighted by Crippen LogP contribution is 2.45. The maximum absolute atomic E-state index is 13.5. The van der Waals surface area contributed by atoms with Crippen molar-refractivity contribution in [1.82, 2.24) is 20.0 Å². The maximum atomic E-state index is 13.5. The normalized spacial score (nSPS) is 32.0. The van der Waals surface area contributed by atoms with Crippen LogP contribution in [0.2, 0.25) is 0 Å². The molecule has 36 heavy (non-hydrogen) atoms. The van der Waals surface area contributed by atoms with Gasteiger partial charge in [0.15, 0.2) is 0 Å². The molecule has 1 aromatic carbocycles. The molecule has 0 saturated carbocycles. The van der Waals surface area contributed by atoms with E-state index in [1.807, 2.05) is 30.3 Å². The van der Waals surface area contributed by atoms with Crippen molar-refractivity contribution in [3.8, 4) is 0 Å². The molecule has 4 amide bonds. The van der Waals surface area contributed by atoms with E-state index < -0.39 is 6.04 Å². The minimum Gasteiger partial charge on any atom is -0.336 e. The van der Waals surface area contributed by atoms with Crippen molar-refractivity contribution >= 4 is 17.8 Å². The predicted molar refractivity (Wildman–Crippen MR) is 137 cm³/mol. The zero-order chi connectivity index (χ0) is 24.6. The quantitative estimate of drug-likeness (QED) is 0.490. The fourth-order valence-electron chi connectivity index (χ4n) is 7.53. The molecule has 4 fully saturated rings. The van der Waals surface area contributed by atoms with Gasteiger partial charge in [0.25, 0.3) is 5.91 Å². The second-order valence-electron chi connectivity index (χ2n) is 11.4. The molecule has 0 aromatic heterocycles. The summed E-state index contributed by atoms with van der Waals surface area (Å²) in [4.78, 5) is 45.0. The van der Waals surface area contributed by atoms with Gasteiger partial charge in [-0.05, 0) is 68.9 Å². The molecule has 1 N–H and O–H groups in total. The Balaban J connectivity index is 1.07. The Morgan fingerprint density at radius 1 is 1.06 bits per heavy atom. The maximum Gasteiger partial charge on any atom is 0.324 e. The second kappa shape index (κ2) is 10.0. The summed E-state index contributed by atoms with van der Waals surface area (Å²) in [5.74, 6) is 1.11. The van der Waals surface area contributed by atoms with E-state index in [2.05, 4.69) is 21.2 Å². The van der Waals surface area contributed by atoms with Crippen molar-refractivity contribution in [2.75, 3.05) is 26.2 Å². The summed E-state index contributed by atoms with van der Waals surface area (Å²) in [7, 11) is 0. The van der Waals surface area contributed by atoms with E-state index in [1.165, 1.54) is 42.7 Å².